The Kier molecular flexibility index (Phi) is 5.25. The van der Waals surface area contributed by atoms with Gasteiger partial charge < -0.3 is 19.7 Å². The van der Waals surface area contributed by atoms with Crippen LogP contribution in [-0.4, -0.2) is 29.5 Å². The number of carbonyl (C=O) groups excluding carboxylic acids is 1. The van der Waals surface area contributed by atoms with E-state index in [0.29, 0.717) is 17.3 Å². The van der Waals surface area contributed by atoms with Crippen molar-refractivity contribution in [2.24, 2.45) is 0 Å². The SMILES string of the molecule is CN(Cc1ccco1)C(=O)CNc1cc(CO)ccc1Cl. The van der Waals surface area contributed by atoms with Crippen LogP contribution in [0.1, 0.15) is 11.3 Å². The van der Waals surface area contributed by atoms with Gasteiger partial charge >= 0.3 is 0 Å². The lowest BCUT2D eigenvalue weighted by molar-refractivity contribution is -0.128. The molecule has 21 heavy (non-hydrogen) atoms. The van der Waals surface area contributed by atoms with E-state index in [2.05, 4.69) is 5.32 Å². The highest BCUT2D eigenvalue weighted by molar-refractivity contribution is 6.33. The molecule has 0 aliphatic rings. The van der Waals surface area contributed by atoms with Crippen LogP contribution in [-0.2, 0) is 17.9 Å². The van der Waals surface area contributed by atoms with Gasteiger partial charge in [-0.25, -0.2) is 0 Å². The summed E-state index contributed by atoms with van der Waals surface area (Å²) in [4.78, 5) is 13.6. The van der Waals surface area contributed by atoms with Gasteiger partial charge in [-0.05, 0) is 29.8 Å². The van der Waals surface area contributed by atoms with Crippen LogP contribution in [0.25, 0.3) is 0 Å². The van der Waals surface area contributed by atoms with Gasteiger partial charge in [-0.1, -0.05) is 17.7 Å². The predicted octanol–water partition coefficient (Wildman–Crippen LogP) is 2.50. The molecule has 1 heterocycles. The van der Waals surface area contributed by atoms with Gasteiger partial charge in [0.2, 0.25) is 5.91 Å². The highest BCUT2D eigenvalue weighted by Gasteiger charge is 2.11. The van der Waals surface area contributed by atoms with Gasteiger partial charge in [-0.15, -0.1) is 0 Å². The fraction of sp³-hybridized carbons (Fsp3) is 0.267. The number of likely N-dealkylation sites (N-methyl/N-ethyl adjacent to an activating group) is 1. The molecular formula is C15H17ClN2O3. The summed E-state index contributed by atoms with van der Waals surface area (Å²) in [5.74, 6) is 0.642. The highest BCUT2D eigenvalue weighted by atomic mass is 35.5. The minimum Gasteiger partial charge on any atom is -0.467 e. The molecule has 2 N–H and O–H groups in total. The number of carbonyl (C=O) groups is 1. The molecular weight excluding hydrogens is 292 g/mol. The lowest BCUT2D eigenvalue weighted by Gasteiger charge is -2.17. The third kappa shape index (κ3) is 4.24. The minimum atomic E-state index is -0.0862. The first-order chi connectivity index (χ1) is 10.1. The summed E-state index contributed by atoms with van der Waals surface area (Å²) in [6.45, 7) is 0.460. The van der Waals surface area contributed by atoms with Crippen LogP contribution >= 0.6 is 11.6 Å². The predicted molar refractivity (Wildman–Crippen MR) is 81.0 cm³/mol. The van der Waals surface area contributed by atoms with E-state index in [-0.39, 0.29) is 19.1 Å². The number of furan rings is 1. The molecule has 0 unspecified atom stereocenters. The van der Waals surface area contributed by atoms with Crippen molar-refractivity contribution in [2.75, 3.05) is 18.9 Å². The smallest absolute Gasteiger partial charge is 0.242 e. The van der Waals surface area contributed by atoms with Crippen LogP contribution < -0.4 is 5.32 Å². The molecule has 0 aliphatic heterocycles. The summed E-state index contributed by atoms with van der Waals surface area (Å²) in [5.41, 5.74) is 1.36. The zero-order valence-corrected chi connectivity index (χ0v) is 12.4. The third-order valence-electron chi connectivity index (χ3n) is 3.04. The molecule has 1 amide bonds. The quantitative estimate of drug-likeness (QED) is 0.860. The molecule has 2 rings (SSSR count). The summed E-state index contributed by atoms with van der Waals surface area (Å²) in [5, 5.41) is 12.6. The van der Waals surface area contributed by atoms with Crippen molar-refractivity contribution in [2.45, 2.75) is 13.2 Å². The van der Waals surface area contributed by atoms with Crippen LogP contribution in [0, 0.1) is 0 Å². The molecule has 1 aromatic carbocycles. The van der Waals surface area contributed by atoms with Gasteiger partial charge in [0.05, 0.1) is 36.7 Å². The van der Waals surface area contributed by atoms with Crippen LogP contribution in [0.15, 0.2) is 41.0 Å². The van der Waals surface area contributed by atoms with Gasteiger partial charge in [-0.2, -0.15) is 0 Å². The number of nitrogens with zero attached hydrogens (tertiary/aromatic N) is 1. The standard InChI is InChI=1S/C15H17ClN2O3/c1-18(9-12-3-2-6-21-12)15(20)8-17-14-7-11(10-19)4-5-13(14)16/h2-7,17,19H,8-10H2,1H3. The molecule has 2 aromatic rings. The second kappa shape index (κ2) is 7.15. The molecule has 0 fully saturated rings. The molecule has 6 heteroatoms. The van der Waals surface area contributed by atoms with Gasteiger partial charge in [0, 0.05) is 7.05 Å². The maximum absolute atomic E-state index is 12.0. The minimum absolute atomic E-state index is 0.0712. The van der Waals surface area contributed by atoms with Crippen molar-refractivity contribution in [3.8, 4) is 0 Å². The summed E-state index contributed by atoms with van der Waals surface area (Å²) < 4.78 is 5.20. The first-order valence-corrected chi connectivity index (χ1v) is 6.87. The van der Waals surface area contributed by atoms with E-state index >= 15 is 0 Å². The molecule has 5 nitrogen and oxygen atoms in total. The Labute approximate surface area is 128 Å². The number of hydrogen-bond donors (Lipinski definition) is 2. The summed E-state index contributed by atoms with van der Waals surface area (Å²) in [7, 11) is 1.71. The molecule has 0 aliphatic carbocycles. The van der Waals surface area contributed by atoms with E-state index in [9.17, 15) is 4.79 Å². The first kappa shape index (κ1) is 15.4. The zero-order valence-electron chi connectivity index (χ0n) is 11.7. The van der Waals surface area contributed by atoms with Crippen LogP contribution in [0.3, 0.4) is 0 Å². The molecule has 0 atom stereocenters. The average molecular weight is 309 g/mol. The Morgan fingerprint density at radius 3 is 2.90 bits per heavy atom. The third-order valence-corrected chi connectivity index (χ3v) is 3.37. The van der Waals surface area contributed by atoms with Gasteiger partial charge in [0.1, 0.15) is 5.76 Å². The molecule has 0 saturated carbocycles. The van der Waals surface area contributed by atoms with Crippen LogP contribution in [0.2, 0.25) is 5.02 Å². The Bertz CT molecular complexity index is 599. The van der Waals surface area contributed by atoms with E-state index in [4.69, 9.17) is 21.1 Å². The molecule has 0 radical (unpaired) electrons. The van der Waals surface area contributed by atoms with Crippen molar-refractivity contribution in [3.63, 3.8) is 0 Å². The van der Waals surface area contributed by atoms with Crippen LogP contribution in [0.4, 0.5) is 5.69 Å². The number of nitrogens with one attached hydrogen (secondary N) is 1. The zero-order chi connectivity index (χ0) is 15.2. The second-order valence-corrected chi connectivity index (χ2v) is 5.06. The summed E-state index contributed by atoms with van der Waals surface area (Å²) in [6.07, 6.45) is 1.58. The Morgan fingerprint density at radius 1 is 1.43 bits per heavy atom. The van der Waals surface area contributed by atoms with Gasteiger partial charge in [0.15, 0.2) is 0 Å². The van der Waals surface area contributed by atoms with E-state index in [0.717, 1.165) is 11.3 Å². The topological polar surface area (TPSA) is 65.7 Å². The molecule has 112 valence electrons. The number of halogens is 1. The maximum Gasteiger partial charge on any atom is 0.242 e. The highest BCUT2D eigenvalue weighted by Crippen LogP contribution is 2.22. The second-order valence-electron chi connectivity index (χ2n) is 4.66. The Morgan fingerprint density at radius 2 is 2.24 bits per heavy atom. The average Bonchev–Trinajstić information content (AvgIpc) is 2.99. The monoisotopic (exact) mass is 308 g/mol. The number of amides is 1. The Hall–Kier alpha value is -1.98. The lowest BCUT2D eigenvalue weighted by atomic mass is 10.2. The van der Waals surface area contributed by atoms with Crippen LogP contribution in [0.5, 0.6) is 0 Å². The first-order valence-electron chi connectivity index (χ1n) is 6.49. The van der Waals surface area contributed by atoms with E-state index in [1.165, 1.54) is 0 Å². The van der Waals surface area contributed by atoms with E-state index in [1.807, 2.05) is 6.07 Å². The van der Waals surface area contributed by atoms with Crippen molar-refractivity contribution in [3.05, 3.63) is 52.9 Å². The molecule has 0 bridgehead atoms. The molecule has 0 spiro atoms. The summed E-state index contributed by atoms with van der Waals surface area (Å²) in [6, 6.07) is 8.75. The van der Waals surface area contributed by atoms with Gasteiger partial charge in [0.25, 0.3) is 0 Å². The number of anilines is 1. The number of hydrogen-bond acceptors (Lipinski definition) is 4. The largest absolute Gasteiger partial charge is 0.467 e. The fourth-order valence-corrected chi connectivity index (χ4v) is 2.02. The Balaban J connectivity index is 1.91. The van der Waals surface area contributed by atoms with Crippen molar-refractivity contribution < 1.29 is 14.3 Å². The van der Waals surface area contributed by atoms with E-state index in [1.54, 1.807) is 42.5 Å². The van der Waals surface area contributed by atoms with Crippen molar-refractivity contribution >= 4 is 23.2 Å². The van der Waals surface area contributed by atoms with Crippen molar-refractivity contribution in [1.82, 2.24) is 4.90 Å². The number of aliphatic hydroxyl groups excluding tert-OH is 1. The maximum atomic E-state index is 12.0. The number of aliphatic hydroxyl groups is 1. The number of rotatable bonds is 6. The van der Waals surface area contributed by atoms with Crippen molar-refractivity contribution in [1.29, 1.82) is 0 Å². The van der Waals surface area contributed by atoms with E-state index < -0.39 is 0 Å². The fourth-order valence-electron chi connectivity index (χ4n) is 1.84. The number of benzene rings is 1. The van der Waals surface area contributed by atoms with Gasteiger partial charge in [-0.3, -0.25) is 4.79 Å². The lowest BCUT2D eigenvalue weighted by Crippen LogP contribution is -2.31. The normalized spacial score (nSPS) is 10.4. The molecule has 1 aromatic heterocycles. The summed E-state index contributed by atoms with van der Waals surface area (Å²) >= 11 is 6.05. The molecule has 0 saturated heterocycles.